The number of hydrogen-bond donors (Lipinski definition) is 2. The van der Waals surface area contributed by atoms with E-state index in [0.717, 1.165) is 38.2 Å². The van der Waals surface area contributed by atoms with E-state index < -0.39 is 0 Å². The first-order valence-electron chi connectivity index (χ1n) is 9.92. The molecule has 1 unspecified atom stereocenters. The lowest BCUT2D eigenvalue weighted by molar-refractivity contribution is -0.132. The summed E-state index contributed by atoms with van der Waals surface area (Å²) in [5.74, 6) is 0.920. The van der Waals surface area contributed by atoms with E-state index in [2.05, 4.69) is 10.6 Å². The van der Waals surface area contributed by atoms with Crippen LogP contribution in [0.3, 0.4) is 0 Å². The van der Waals surface area contributed by atoms with Gasteiger partial charge in [-0.05, 0) is 55.8 Å². The summed E-state index contributed by atoms with van der Waals surface area (Å²) in [6, 6.07) is 12.5. The molecule has 29 heavy (non-hydrogen) atoms. The van der Waals surface area contributed by atoms with E-state index in [1.54, 1.807) is 18.2 Å². The van der Waals surface area contributed by atoms with Crippen LogP contribution >= 0.6 is 0 Å². The molecule has 2 aromatic rings. The van der Waals surface area contributed by atoms with Crippen LogP contribution in [0.4, 0.5) is 5.69 Å². The van der Waals surface area contributed by atoms with E-state index in [4.69, 9.17) is 9.47 Å². The van der Waals surface area contributed by atoms with Crippen molar-refractivity contribution >= 4 is 17.5 Å². The van der Waals surface area contributed by atoms with E-state index in [0.29, 0.717) is 22.7 Å². The van der Waals surface area contributed by atoms with Gasteiger partial charge < -0.3 is 25.0 Å². The van der Waals surface area contributed by atoms with Gasteiger partial charge in [0.15, 0.2) is 11.5 Å². The number of amides is 2. The van der Waals surface area contributed by atoms with Crippen LogP contribution in [0.2, 0.25) is 0 Å². The normalized spacial score (nSPS) is 16.8. The van der Waals surface area contributed by atoms with Crippen LogP contribution in [-0.4, -0.2) is 49.7 Å². The number of fused-ring (bicyclic) bond motifs is 1. The van der Waals surface area contributed by atoms with Gasteiger partial charge in [-0.2, -0.15) is 0 Å². The van der Waals surface area contributed by atoms with Crippen LogP contribution in [0.25, 0.3) is 0 Å². The van der Waals surface area contributed by atoms with E-state index in [1.165, 1.54) is 0 Å². The Morgan fingerprint density at radius 3 is 2.66 bits per heavy atom. The summed E-state index contributed by atoms with van der Waals surface area (Å²) >= 11 is 0. The van der Waals surface area contributed by atoms with Crippen molar-refractivity contribution in [2.75, 3.05) is 38.3 Å². The Bertz CT molecular complexity index is 889. The highest BCUT2D eigenvalue weighted by atomic mass is 16.7. The number of anilines is 1. The van der Waals surface area contributed by atoms with Gasteiger partial charge >= 0.3 is 0 Å². The molecule has 1 fully saturated rings. The zero-order valence-corrected chi connectivity index (χ0v) is 16.4. The third kappa shape index (κ3) is 4.35. The molecule has 7 nitrogen and oxygen atoms in total. The first-order valence-corrected chi connectivity index (χ1v) is 9.92. The predicted octanol–water partition coefficient (Wildman–Crippen LogP) is 2.59. The van der Waals surface area contributed by atoms with E-state index in [1.807, 2.05) is 36.1 Å². The van der Waals surface area contributed by atoms with Crippen molar-refractivity contribution in [1.29, 1.82) is 0 Å². The summed E-state index contributed by atoms with van der Waals surface area (Å²) in [4.78, 5) is 27.2. The van der Waals surface area contributed by atoms with Crippen molar-refractivity contribution in [2.24, 2.45) is 0 Å². The Kier molecular flexibility index (Phi) is 5.67. The van der Waals surface area contributed by atoms with Gasteiger partial charge in [-0.1, -0.05) is 12.1 Å². The Balaban J connectivity index is 1.39. The lowest BCUT2D eigenvalue weighted by Gasteiger charge is -2.24. The average molecular weight is 395 g/mol. The average Bonchev–Trinajstić information content (AvgIpc) is 3.05. The monoisotopic (exact) mass is 395 g/mol. The highest BCUT2D eigenvalue weighted by molar-refractivity contribution is 6.04. The summed E-state index contributed by atoms with van der Waals surface area (Å²) in [6.45, 7) is 5.43. The number of hydrogen-bond acceptors (Lipinski definition) is 5. The molecule has 4 rings (SSSR count). The number of carbonyl (C=O) groups excluding carboxylic acids is 2. The smallest absolute Gasteiger partial charge is 0.255 e. The first kappa shape index (κ1) is 19.3. The van der Waals surface area contributed by atoms with Gasteiger partial charge in [-0.3, -0.25) is 9.59 Å². The molecule has 2 heterocycles. The van der Waals surface area contributed by atoms with Gasteiger partial charge in [0, 0.05) is 30.9 Å². The van der Waals surface area contributed by atoms with Crippen molar-refractivity contribution in [2.45, 2.75) is 19.3 Å². The Morgan fingerprint density at radius 1 is 1.03 bits per heavy atom. The molecule has 2 aromatic carbocycles. The number of rotatable bonds is 4. The summed E-state index contributed by atoms with van der Waals surface area (Å²) in [6.07, 6.45) is 0.975. The standard InChI is InChI=1S/C22H25N3O4/c1-15(22(27)25-11-2-9-23-10-12-25)16-3-6-18(7-4-16)24-21(26)17-5-8-19-20(13-17)29-14-28-19/h3-8,13,15,23H,2,9-12,14H2,1H3,(H,24,26). The molecular weight excluding hydrogens is 370 g/mol. The van der Waals surface area contributed by atoms with Crippen LogP contribution < -0.4 is 20.1 Å². The lowest BCUT2D eigenvalue weighted by Crippen LogP contribution is -2.36. The van der Waals surface area contributed by atoms with Gasteiger partial charge in [0.25, 0.3) is 5.91 Å². The van der Waals surface area contributed by atoms with Crippen LogP contribution in [0.15, 0.2) is 42.5 Å². The summed E-state index contributed by atoms with van der Waals surface area (Å²) in [7, 11) is 0. The Hall–Kier alpha value is -3.06. The highest BCUT2D eigenvalue weighted by Crippen LogP contribution is 2.32. The molecule has 0 aromatic heterocycles. The lowest BCUT2D eigenvalue weighted by atomic mass is 9.99. The van der Waals surface area contributed by atoms with Crippen molar-refractivity contribution < 1.29 is 19.1 Å². The van der Waals surface area contributed by atoms with Gasteiger partial charge in [0.2, 0.25) is 12.7 Å². The minimum absolute atomic E-state index is 0.144. The molecule has 0 saturated carbocycles. The molecule has 2 N–H and O–H groups in total. The molecule has 0 aliphatic carbocycles. The van der Waals surface area contributed by atoms with Crippen LogP contribution in [0, 0.1) is 0 Å². The minimum atomic E-state index is -0.225. The second-order valence-corrected chi connectivity index (χ2v) is 7.29. The third-order valence-corrected chi connectivity index (χ3v) is 5.33. The molecule has 0 spiro atoms. The van der Waals surface area contributed by atoms with E-state index in [9.17, 15) is 9.59 Å². The van der Waals surface area contributed by atoms with Gasteiger partial charge in [-0.25, -0.2) is 0 Å². The summed E-state index contributed by atoms with van der Waals surface area (Å²) < 4.78 is 10.6. The van der Waals surface area contributed by atoms with Gasteiger partial charge in [0.1, 0.15) is 0 Å². The fraction of sp³-hybridized carbons (Fsp3) is 0.364. The maximum absolute atomic E-state index is 12.8. The summed E-state index contributed by atoms with van der Waals surface area (Å²) in [5.41, 5.74) is 2.11. The molecule has 2 amide bonds. The van der Waals surface area contributed by atoms with E-state index >= 15 is 0 Å². The van der Waals surface area contributed by atoms with Crippen LogP contribution in [0.5, 0.6) is 11.5 Å². The van der Waals surface area contributed by atoms with Crippen molar-refractivity contribution in [1.82, 2.24) is 10.2 Å². The Morgan fingerprint density at radius 2 is 1.83 bits per heavy atom. The maximum atomic E-state index is 12.8. The number of carbonyl (C=O) groups is 2. The minimum Gasteiger partial charge on any atom is -0.454 e. The first-order chi connectivity index (χ1) is 14.1. The van der Waals surface area contributed by atoms with Crippen molar-refractivity contribution in [3.05, 3.63) is 53.6 Å². The molecule has 1 atom stereocenters. The highest BCUT2D eigenvalue weighted by Gasteiger charge is 2.22. The SMILES string of the molecule is CC(C(=O)N1CCCNCC1)c1ccc(NC(=O)c2ccc3c(c2)OCO3)cc1. The number of ether oxygens (including phenoxy) is 2. The molecule has 0 bridgehead atoms. The van der Waals surface area contributed by atoms with Gasteiger partial charge in [-0.15, -0.1) is 0 Å². The van der Waals surface area contributed by atoms with Crippen LogP contribution in [0.1, 0.15) is 35.2 Å². The molecule has 2 aliphatic rings. The second-order valence-electron chi connectivity index (χ2n) is 7.29. The number of nitrogens with zero attached hydrogens (tertiary/aromatic N) is 1. The largest absolute Gasteiger partial charge is 0.454 e. The predicted molar refractivity (Wildman–Crippen MR) is 109 cm³/mol. The third-order valence-electron chi connectivity index (χ3n) is 5.33. The molecule has 1 saturated heterocycles. The summed E-state index contributed by atoms with van der Waals surface area (Å²) in [5, 5.41) is 6.19. The van der Waals surface area contributed by atoms with Crippen molar-refractivity contribution in [3.8, 4) is 11.5 Å². The molecule has 2 aliphatic heterocycles. The molecule has 0 radical (unpaired) electrons. The number of benzene rings is 2. The van der Waals surface area contributed by atoms with Crippen LogP contribution in [-0.2, 0) is 4.79 Å². The van der Waals surface area contributed by atoms with E-state index in [-0.39, 0.29) is 24.5 Å². The topological polar surface area (TPSA) is 79.9 Å². The van der Waals surface area contributed by atoms with Crippen molar-refractivity contribution in [3.63, 3.8) is 0 Å². The number of nitrogens with one attached hydrogen (secondary N) is 2. The zero-order valence-electron chi connectivity index (χ0n) is 16.4. The molecule has 152 valence electrons. The molecular formula is C22H25N3O4. The fourth-order valence-corrected chi connectivity index (χ4v) is 3.58. The Labute approximate surface area is 170 Å². The fourth-order valence-electron chi connectivity index (χ4n) is 3.58. The maximum Gasteiger partial charge on any atom is 0.255 e. The molecule has 7 heteroatoms. The zero-order chi connectivity index (χ0) is 20.2. The van der Waals surface area contributed by atoms with Gasteiger partial charge in [0.05, 0.1) is 5.92 Å². The quantitative estimate of drug-likeness (QED) is 0.832. The second kappa shape index (κ2) is 8.53.